The van der Waals surface area contributed by atoms with Crippen molar-refractivity contribution < 1.29 is 4.74 Å². The van der Waals surface area contributed by atoms with Crippen molar-refractivity contribution in [3.05, 3.63) is 54.4 Å². The molecule has 2 aromatic rings. The molecule has 0 bridgehead atoms. The molecule has 126 valence electrons. The van der Waals surface area contributed by atoms with E-state index in [1.807, 2.05) is 18.5 Å². The summed E-state index contributed by atoms with van der Waals surface area (Å²) in [5, 5.41) is 0. The zero-order valence-electron chi connectivity index (χ0n) is 14.0. The third-order valence-electron chi connectivity index (χ3n) is 5.28. The second kappa shape index (κ2) is 6.95. The lowest BCUT2D eigenvalue weighted by Gasteiger charge is -2.38. The SMILES string of the molecule is c1ccc(CN2CCC3(CC2)C[C@@H](Cc2cnccn2)CO3)nc1. The first-order valence-electron chi connectivity index (χ1n) is 8.82. The van der Waals surface area contributed by atoms with Gasteiger partial charge in [0.25, 0.3) is 0 Å². The Morgan fingerprint density at radius 1 is 1.08 bits per heavy atom. The van der Waals surface area contributed by atoms with Crippen LogP contribution in [0, 0.1) is 5.92 Å². The van der Waals surface area contributed by atoms with Crippen molar-refractivity contribution in [3.8, 4) is 0 Å². The Bertz CT molecular complexity index is 641. The summed E-state index contributed by atoms with van der Waals surface area (Å²) in [4.78, 5) is 15.5. The van der Waals surface area contributed by atoms with Crippen molar-refractivity contribution in [1.29, 1.82) is 0 Å². The Kier molecular flexibility index (Phi) is 4.54. The molecular formula is C19H24N4O. The number of aromatic nitrogens is 3. The van der Waals surface area contributed by atoms with Gasteiger partial charge < -0.3 is 4.74 Å². The molecule has 0 saturated carbocycles. The summed E-state index contributed by atoms with van der Waals surface area (Å²) in [6.07, 6.45) is 11.6. The van der Waals surface area contributed by atoms with Crippen LogP contribution in [-0.2, 0) is 17.7 Å². The molecule has 5 heteroatoms. The second-order valence-electron chi connectivity index (χ2n) is 7.06. The van der Waals surface area contributed by atoms with Crippen LogP contribution in [-0.4, -0.2) is 45.1 Å². The fourth-order valence-corrected chi connectivity index (χ4v) is 3.99. The molecule has 0 radical (unpaired) electrons. The highest BCUT2D eigenvalue weighted by Gasteiger charge is 2.42. The number of ether oxygens (including phenoxy) is 1. The van der Waals surface area contributed by atoms with Crippen LogP contribution in [0.1, 0.15) is 30.7 Å². The lowest BCUT2D eigenvalue weighted by Crippen LogP contribution is -2.43. The molecule has 0 amide bonds. The van der Waals surface area contributed by atoms with E-state index in [0.717, 1.165) is 63.3 Å². The molecule has 2 saturated heterocycles. The Balaban J connectivity index is 1.29. The van der Waals surface area contributed by atoms with E-state index in [1.165, 1.54) is 0 Å². The van der Waals surface area contributed by atoms with Crippen LogP contribution in [0.3, 0.4) is 0 Å². The molecular weight excluding hydrogens is 300 g/mol. The molecule has 0 aromatic carbocycles. The van der Waals surface area contributed by atoms with Gasteiger partial charge in [0.15, 0.2) is 0 Å². The van der Waals surface area contributed by atoms with Crippen LogP contribution in [0.4, 0.5) is 0 Å². The van der Waals surface area contributed by atoms with Gasteiger partial charge in [0.1, 0.15) is 0 Å². The van der Waals surface area contributed by atoms with E-state index in [4.69, 9.17) is 4.74 Å². The van der Waals surface area contributed by atoms with E-state index < -0.39 is 0 Å². The van der Waals surface area contributed by atoms with E-state index in [-0.39, 0.29) is 5.60 Å². The molecule has 4 heterocycles. The minimum absolute atomic E-state index is 0.0908. The van der Waals surface area contributed by atoms with Gasteiger partial charge in [-0.05, 0) is 43.7 Å². The van der Waals surface area contributed by atoms with E-state index in [9.17, 15) is 0 Å². The highest BCUT2D eigenvalue weighted by molar-refractivity contribution is 5.05. The summed E-state index contributed by atoms with van der Waals surface area (Å²) in [6, 6.07) is 6.14. The van der Waals surface area contributed by atoms with Gasteiger partial charge in [-0.2, -0.15) is 0 Å². The van der Waals surface area contributed by atoms with Crippen LogP contribution in [0.25, 0.3) is 0 Å². The summed E-state index contributed by atoms with van der Waals surface area (Å²) < 4.78 is 6.27. The van der Waals surface area contributed by atoms with Gasteiger partial charge in [-0.25, -0.2) is 0 Å². The predicted octanol–water partition coefficient (Wildman–Crippen LogP) is 2.49. The standard InChI is InChI=1S/C19H24N4O/c1-2-6-21-17(3-1)14-23-9-4-19(5-10-23)12-16(15-24-19)11-18-13-20-7-8-22-18/h1-3,6-8,13,16H,4-5,9-12,14-15H2/t16-/m1/s1. The maximum absolute atomic E-state index is 6.27. The Labute approximate surface area is 143 Å². The molecule has 2 fully saturated rings. The summed E-state index contributed by atoms with van der Waals surface area (Å²) in [5.74, 6) is 0.573. The average Bonchev–Trinajstić information content (AvgIpc) is 3.01. The number of hydrogen-bond donors (Lipinski definition) is 0. The number of piperidine rings is 1. The van der Waals surface area contributed by atoms with E-state index >= 15 is 0 Å². The number of nitrogens with zero attached hydrogens (tertiary/aromatic N) is 4. The molecule has 24 heavy (non-hydrogen) atoms. The fraction of sp³-hybridized carbons (Fsp3) is 0.526. The van der Waals surface area contributed by atoms with Gasteiger partial charge in [-0.3, -0.25) is 19.9 Å². The topological polar surface area (TPSA) is 51.1 Å². The molecule has 2 aliphatic rings. The molecule has 0 aliphatic carbocycles. The highest BCUT2D eigenvalue weighted by atomic mass is 16.5. The van der Waals surface area contributed by atoms with Crippen LogP contribution in [0.5, 0.6) is 0 Å². The lowest BCUT2D eigenvalue weighted by atomic mass is 9.84. The molecule has 1 atom stereocenters. The maximum Gasteiger partial charge on any atom is 0.0710 e. The first kappa shape index (κ1) is 15.7. The summed E-state index contributed by atoms with van der Waals surface area (Å²) >= 11 is 0. The van der Waals surface area contributed by atoms with Gasteiger partial charge in [-0.15, -0.1) is 0 Å². The van der Waals surface area contributed by atoms with Crippen molar-refractivity contribution in [1.82, 2.24) is 19.9 Å². The number of hydrogen-bond acceptors (Lipinski definition) is 5. The molecule has 0 N–H and O–H groups in total. The Hall–Kier alpha value is -1.85. The second-order valence-corrected chi connectivity index (χ2v) is 7.06. The van der Waals surface area contributed by atoms with E-state index in [0.29, 0.717) is 5.92 Å². The van der Waals surface area contributed by atoms with Crippen molar-refractivity contribution in [2.75, 3.05) is 19.7 Å². The van der Waals surface area contributed by atoms with Crippen LogP contribution in [0.15, 0.2) is 43.0 Å². The molecule has 2 aliphatic heterocycles. The first-order valence-corrected chi connectivity index (χ1v) is 8.82. The van der Waals surface area contributed by atoms with Gasteiger partial charge in [0, 0.05) is 44.4 Å². The molecule has 0 unspecified atom stereocenters. The third-order valence-corrected chi connectivity index (χ3v) is 5.28. The highest BCUT2D eigenvalue weighted by Crippen LogP contribution is 2.39. The average molecular weight is 324 g/mol. The van der Waals surface area contributed by atoms with Gasteiger partial charge >= 0.3 is 0 Å². The maximum atomic E-state index is 6.27. The van der Waals surface area contributed by atoms with Crippen molar-refractivity contribution in [2.45, 2.75) is 37.8 Å². The summed E-state index contributed by atoms with van der Waals surface area (Å²) in [6.45, 7) is 3.99. The van der Waals surface area contributed by atoms with Gasteiger partial charge in [-0.1, -0.05) is 6.07 Å². The molecule has 1 spiro atoms. The zero-order valence-corrected chi connectivity index (χ0v) is 14.0. The first-order chi connectivity index (χ1) is 11.8. The fourth-order valence-electron chi connectivity index (χ4n) is 3.99. The third kappa shape index (κ3) is 3.62. The monoisotopic (exact) mass is 324 g/mol. The Morgan fingerprint density at radius 2 is 1.96 bits per heavy atom. The van der Waals surface area contributed by atoms with Gasteiger partial charge in [0.05, 0.1) is 23.6 Å². The van der Waals surface area contributed by atoms with Crippen LogP contribution < -0.4 is 0 Å². The predicted molar refractivity (Wildman–Crippen MR) is 91.3 cm³/mol. The van der Waals surface area contributed by atoms with Crippen LogP contribution >= 0.6 is 0 Å². The minimum atomic E-state index is 0.0908. The number of pyridine rings is 1. The quantitative estimate of drug-likeness (QED) is 0.865. The van der Waals surface area contributed by atoms with Crippen LogP contribution in [0.2, 0.25) is 0 Å². The molecule has 5 nitrogen and oxygen atoms in total. The molecule has 4 rings (SSSR count). The van der Waals surface area contributed by atoms with Gasteiger partial charge in [0.2, 0.25) is 0 Å². The van der Waals surface area contributed by atoms with Crippen molar-refractivity contribution in [2.24, 2.45) is 5.92 Å². The van der Waals surface area contributed by atoms with E-state index in [1.54, 1.807) is 12.4 Å². The summed E-state index contributed by atoms with van der Waals surface area (Å²) in [5.41, 5.74) is 2.32. The lowest BCUT2D eigenvalue weighted by molar-refractivity contribution is -0.0452. The molecule has 2 aromatic heterocycles. The minimum Gasteiger partial charge on any atom is -0.375 e. The number of rotatable bonds is 4. The largest absolute Gasteiger partial charge is 0.375 e. The smallest absolute Gasteiger partial charge is 0.0710 e. The normalized spacial score (nSPS) is 23.6. The zero-order chi connectivity index (χ0) is 16.2. The van der Waals surface area contributed by atoms with Crippen molar-refractivity contribution in [3.63, 3.8) is 0 Å². The van der Waals surface area contributed by atoms with E-state index in [2.05, 4.69) is 32.0 Å². The number of likely N-dealkylation sites (tertiary alicyclic amines) is 1. The Morgan fingerprint density at radius 3 is 2.71 bits per heavy atom. The van der Waals surface area contributed by atoms with Crippen molar-refractivity contribution >= 4 is 0 Å². The summed E-state index contributed by atoms with van der Waals surface area (Å²) in [7, 11) is 0.